The second-order valence-electron chi connectivity index (χ2n) is 3.61. The summed E-state index contributed by atoms with van der Waals surface area (Å²) < 4.78 is 0. The van der Waals surface area contributed by atoms with E-state index in [9.17, 15) is 10.2 Å². The third-order valence-corrected chi connectivity index (χ3v) is 6.95. The molecule has 2 nitrogen and oxygen atoms in total. The Morgan fingerprint density at radius 3 is 1.06 bits per heavy atom. The Morgan fingerprint density at radius 1 is 0.562 bits per heavy atom. The van der Waals surface area contributed by atoms with Crippen molar-refractivity contribution in [3.05, 3.63) is 0 Å². The molecule has 0 aromatic carbocycles. The highest BCUT2D eigenvalue weighted by Crippen LogP contribution is 2.16. The van der Waals surface area contributed by atoms with Crippen LogP contribution in [0, 0.1) is 0 Å². The summed E-state index contributed by atoms with van der Waals surface area (Å²) in [4.78, 5) is 0. The SMILES string of the molecule is OC1CSCCSCC(O)CSCCSC1. The van der Waals surface area contributed by atoms with E-state index in [2.05, 4.69) is 0 Å². The van der Waals surface area contributed by atoms with Crippen LogP contribution in [0.15, 0.2) is 0 Å². The lowest BCUT2D eigenvalue weighted by atomic mass is 10.5. The molecule has 6 heteroatoms. The van der Waals surface area contributed by atoms with Crippen molar-refractivity contribution in [2.24, 2.45) is 0 Å². The molecule has 0 amide bonds. The molecule has 1 aliphatic heterocycles. The van der Waals surface area contributed by atoms with Crippen LogP contribution in [0.25, 0.3) is 0 Å². The quantitative estimate of drug-likeness (QED) is 0.709. The number of aliphatic hydroxyl groups is 2. The molecule has 1 rings (SSSR count). The summed E-state index contributed by atoms with van der Waals surface area (Å²) in [6.07, 6.45) is -0.308. The molecule has 1 saturated heterocycles. The highest BCUT2D eigenvalue weighted by molar-refractivity contribution is 8.04. The molecule has 0 aliphatic carbocycles. The first kappa shape index (κ1) is 15.4. The summed E-state index contributed by atoms with van der Waals surface area (Å²) in [5.41, 5.74) is 0. The van der Waals surface area contributed by atoms with Crippen LogP contribution in [-0.2, 0) is 0 Å². The van der Waals surface area contributed by atoms with Gasteiger partial charge in [0, 0.05) is 46.0 Å². The standard InChI is InChI=1S/C10H20O2S4/c11-9-5-13-1-2-14-6-10(12)8-16-4-3-15-7-9/h9-12H,1-8H2. The molecular formula is C10H20O2S4. The van der Waals surface area contributed by atoms with Crippen LogP contribution < -0.4 is 0 Å². The molecule has 0 radical (unpaired) electrons. The predicted octanol–water partition coefficient (Wildman–Crippen LogP) is 1.65. The summed E-state index contributed by atoms with van der Waals surface area (Å²) in [6, 6.07) is 0. The summed E-state index contributed by atoms with van der Waals surface area (Å²) >= 11 is 7.27. The van der Waals surface area contributed by atoms with E-state index in [1.54, 1.807) is 0 Å². The van der Waals surface area contributed by atoms with Crippen molar-refractivity contribution < 1.29 is 10.2 Å². The Kier molecular flexibility index (Phi) is 9.86. The van der Waals surface area contributed by atoms with Crippen LogP contribution in [0.5, 0.6) is 0 Å². The van der Waals surface area contributed by atoms with Crippen molar-refractivity contribution in [3.8, 4) is 0 Å². The van der Waals surface area contributed by atoms with E-state index in [0.717, 1.165) is 46.0 Å². The van der Waals surface area contributed by atoms with Crippen LogP contribution in [0.4, 0.5) is 0 Å². The second kappa shape index (κ2) is 10.3. The predicted molar refractivity (Wildman–Crippen MR) is 81.3 cm³/mol. The van der Waals surface area contributed by atoms with Crippen molar-refractivity contribution in [1.82, 2.24) is 0 Å². The van der Waals surface area contributed by atoms with E-state index in [4.69, 9.17) is 0 Å². The Morgan fingerprint density at radius 2 is 0.812 bits per heavy atom. The van der Waals surface area contributed by atoms with Gasteiger partial charge in [-0.1, -0.05) is 0 Å². The second-order valence-corrected chi connectivity index (χ2v) is 8.21. The highest BCUT2D eigenvalue weighted by Gasteiger charge is 2.08. The van der Waals surface area contributed by atoms with Crippen LogP contribution in [0.1, 0.15) is 0 Å². The van der Waals surface area contributed by atoms with Gasteiger partial charge >= 0.3 is 0 Å². The van der Waals surface area contributed by atoms with Crippen molar-refractivity contribution in [3.63, 3.8) is 0 Å². The highest BCUT2D eigenvalue weighted by atomic mass is 32.2. The number of aliphatic hydroxyl groups excluding tert-OH is 2. The number of hydrogen-bond donors (Lipinski definition) is 2. The maximum atomic E-state index is 9.67. The summed E-state index contributed by atoms with van der Waals surface area (Å²) in [7, 11) is 0. The van der Waals surface area contributed by atoms with Crippen LogP contribution >= 0.6 is 47.0 Å². The van der Waals surface area contributed by atoms with Gasteiger partial charge in [0.05, 0.1) is 12.2 Å². The van der Waals surface area contributed by atoms with Crippen molar-refractivity contribution in [1.29, 1.82) is 0 Å². The lowest BCUT2D eigenvalue weighted by Gasteiger charge is -2.13. The molecule has 0 atom stereocenters. The fourth-order valence-corrected chi connectivity index (χ4v) is 5.62. The molecule has 1 fully saturated rings. The first-order valence-corrected chi connectivity index (χ1v) is 10.1. The van der Waals surface area contributed by atoms with E-state index in [0.29, 0.717) is 0 Å². The van der Waals surface area contributed by atoms with Gasteiger partial charge in [-0.25, -0.2) is 0 Å². The number of hydrogen-bond acceptors (Lipinski definition) is 6. The molecule has 0 spiro atoms. The fourth-order valence-electron chi connectivity index (χ4n) is 1.21. The molecule has 2 N–H and O–H groups in total. The minimum Gasteiger partial charge on any atom is -0.391 e. The molecule has 0 bridgehead atoms. The molecule has 0 unspecified atom stereocenters. The molecular weight excluding hydrogens is 280 g/mol. The smallest absolute Gasteiger partial charge is 0.0720 e. The average molecular weight is 301 g/mol. The Bertz CT molecular complexity index is 137. The molecule has 16 heavy (non-hydrogen) atoms. The van der Waals surface area contributed by atoms with Crippen molar-refractivity contribution in [2.75, 3.05) is 46.0 Å². The molecule has 1 aliphatic rings. The zero-order valence-electron chi connectivity index (χ0n) is 9.34. The molecule has 1 heterocycles. The van der Waals surface area contributed by atoms with Gasteiger partial charge in [0.25, 0.3) is 0 Å². The lowest BCUT2D eigenvalue weighted by Crippen LogP contribution is -2.17. The van der Waals surface area contributed by atoms with E-state index in [1.807, 2.05) is 47.0 Å². The third kappa shape index (κ3) is 8.42. The monoisotopic (exact) mass is 300 g/mol. The van der Waals surface area contributed by atoms with Gasteiger partial charge in [-0.2, -0.15) is 47.0 Å². The first-order chi connectivity index (χ1) is 7.79. The Hall–Kier alpha value is 1.32. The normalized spacial score (nSPS) is 31.9. The first-order valence-electron chi connectivity index (χ1n) is 5.46. The van der Waals surface area contributed by atoms with Gasteiger partial charge in [-0.05, 0) is 0 Å². The van der Waals surface area contributed by atoms with E-state index in [1.165, 1.54) is 0 Å². The summed E-state index contributed by atoms with van der Waals surface area (Å²) in [5, 5.41) is 19.3. The molecule has 0 aromatic heterocycles. The topological polar surface area (TPSA) is 40.5 Å². The third-order valence-electron chi connectivity index (χ3n) is 1.98. The van der Waals surface area contributed by atoms with E-state index < -0.39 is 0 Å². The zero-order valence-corrected chi connectivity index (χ0v) is 12.6. The molecule has 0 saturated carbocycles. The van der Waals surface area contributed by atoms with Crippen molar-refractivity contribution in [2.45, 2.75) is 12.2 Å². The van der Waals surface area contributed by atoms with Gasteiger partial charge < -0.3 is 10.2 Å². The largest absolute Gasteiger partial charge is 0.391 e. The fraction of sp³-hybridized carbons (Fsp3) is 1.00. The van der Waals surface area contributed by atoms with Crippen molar-refractivity contribution >= 4 is 47.0 Å². The van der Waals surface area contributed by atoms with Gasteiger partial charge in [0.2, 0.25) is 0 Å². The molecule has 0 aromatic rings. The van der Waals surface area contributed by atoms with Crippen LogP contribution in [0.2, 0.25) is 0 Å². The Balaban J connectivity index is 2.18. The average Bonchev–Trinajstić information content (AvgIpc) is 2.27. The minimum absolute atomic E-state index is 0.154. The van der Waals surface area contributed by atoms with Gasteiger partial charge in [0.15, 0.2) is 0 Å². The van der Waals surface area contributed by atoms with Crippen LogP contribution in [-0.4, -0.2) is 68.4 Å². The number of rotatable bonds is 0. The van der Waals surface area contributed by atoms with Crippen LogP contribution in [0.3, 0.4) is 0 Å². The van der Waals surface area contributed by atoms with E-state index in [-0.39, 0.29) is 12.2 Å². The van der Waals surface area contributed by atoms with Gasteiger partial charge in [0.1, 0.15) is 0 Å². The maximum absolute atomic E-state index is 9.67. The molecule has 96 valence electrons. The van der Waals surface area contributed by atoms with E-state index >= 15 is 0 Å². The lowest BCUT2D eigenvalue weighted by molar-refractivity contribution is 0.224. The van der Waals surface area contributed by atoms with Gasteiger partial charge in [-0.3, -0.25) is 0 Å². The summed E-state index contributed by atoms with van der Waals surface area (Å²) in [6.45, 7) is 0. The summed E-state index contributed by atoms with van der Waals surface area (Å²) in [5.74, 6) is 7.70. The van der Waals surface area contributed by atoms with Gasteiger partial charge in [-0.15, -0.1) is 0 Å². The number of thioether (sulfide) groups is 4. The minimum atomic E-state index is -0.154. The maximum Gasteiger partial charge on any atom is 0.0720 e. The zero-order chi connectivity index (χ0) is 11.6. The Labute approximate surface area is 115 Å².